The first-order valence-electron chi connectivity index (χ1n) is 6.96. The van der Waals surface area contributed by atoms with Crippen LogP contribution in [-0.4, -0.2) is 22.8 Å². The lowest BCUT2D eigenvalue weighted by molar-refractivity contribution is 0.414. The Morgan fingerprint density at radius 3 is 2.62 bits per heavy atom. The molecule has 1 aliphatic rings. The van der Waals surface area contributed by atoms with Gasteiger partial charge in [0.25, 0.3) is 0 Å². The molecule has 3 heterocycles. The average molecular weight is 281 g/mol. The van der Waals surface area contributed by atoms with E-state index in [9.17, 15) is 0 Å². The molecule has 0 aliphatic carbocycles. The van der Waals surface area contributed by atoms with Gasteiger partial charge in [0.2, 0.25) is 0 Å². The lowest BCUT2D eigenvalue weighted by Gasteiger charge is -2.06. The van der Waals surface area contributed by atoms with Crippen molar-refractivity contribution in [3.05, 3.63) is 47.4 Å². The summed E-state index contributed by atoms with van der Waals surface area (Å²) in [6.07, 6.45) is 4.01. The summed E-state index contributed by atoms with van der Waals surface area (Å²) in [5.74, 6) is 0.831. The van der Waals surface area contributed by atoms with E-state index in [1.807, 2.05) is 31.3 Å². The molecule has 0 unspecified atom stereocenters. The molecule has 21 heavy (non-hydrogen) atoms. The number of aromatic amines is 2. The molecule has 0 radical (unpaired) electrons. The Morgan fingerprint density at radius 1 is 1.24 bits per heavy atom. The van der Waals surface area contributed by atoms with Crippen LogP contribution in [0.1, 0.15) is 26.5 Å². The van der Waals surface area contributed by atoms with E-state index in [4.69, 9.17) is 4.74 Å². The lowest BCUT2D eigenvalue weighted by atomic mass is 10.1. The van der Waals surface area contributed by atoms with Crippen LogP contribution < -0.4 is 4.74 Å². The first-order chi connectivity index (χ1) is 10.1. The van der Waals surface area contributed by atoms with Gasteiger partial charge in [-0.05, 0) is 44.6 Å². The van der Waals surface area contributed by atoms with Gasteiger partial charge in [-0.15, -0.1) is 0 Å². The van der Waals surface area contributed by atoms with E-state index in [0.29, 0.717) is 0 Å². The van der Waals surface area contributed by atoms with Crippen molar-refractivity contribution in [3.8, 4) is 17.1 Å². The molecule has 0 aromatic carbocycles. The third-order valence-electron chi connectivity index (χ3n) is 3.71. The average Bonchev–Trinajstić information content (AvgIpc) is 3.16. The highest BCUT2D eigenvalue weighted by Gasteiger charge is 2.18. The van der Waals surface area contributed by atoms with Crippen LogP contribution in [0.5, 0.6) is 5.75 Å². The monoisotopic (exact) mass is 281 g/mol. The number of nitrogens with one attached hydrogen (secondary N) is 2. The minimum Gasteiger partial charge on any atom is -0.494 e. The number of allylic oxidation sites excluding steroid dienone is 3. The number of methoxy groups -OCH3 is 1. The highest BCUT2D eigenvalue weighted by molar-refractivity contribution is 5.99. The van der Waals surface area contributed by atoms with Gasteiger partial charge >= 0.3 is 0 Å². The van der Waals surface area contributed by atoms with Gasteiger partial charge in [0, 0.05) is 23.5 Å². The number of rotatable bonds is 3. The van der Waals surface area contributed by atoms with Crippen molar-refractivity contribution in [2.75, 3.05) is 7.11 Å². The van der Waals surface area contributed by atoms with E-state index in [2.05, 4.69) is 34.9 Å². The highest BCUT2D eigenvalue weighted by atomic mass is 16.5. The zero-order valence-electron chi connectivity index (χ0n) is 12.7. The fourth-order valence-corrected chi connectivity index (χ4v) is 2.69. The quantitative estimate of drug-likeness (QED) is 0.871. The van der Waals surface area contributed by atoms with Crippen LogP contribution in [0.4, 0.5) is 0 Å². The van der Waals surface area contributed by atoms with Crippen molar-refractivity contribution in [1.29, 1.82) is 0 Å². The summed E-state index contributed by atoms with van der Waals surface area (Å²) >= 11 is 0. The second-order valence-electron chi connectivity index (χ2n) is 5.26. The number of hydrogen-bond acceptors (Lipinski definition) is 2. The molecule has 0 spiro atoms. The predicted octanol–water partition coefficient (Wildman–Crippen LogP) is 4.17. The highest BCUT2D eigenvalue weighted by Crippen LogP contribution is 2.35. The molecule has 2 aromatic rings. The first kappa shape index (κ1) is 13.5. The maximum atomic E-state index is 5.52. The normalized spacial score (nSPS) is 16.8. The SMILES string of the molecule is COc1cc(-c2ccc[nH]2)[nH]c1C(C)=C1N=C(C)C=C1C. The van der Waals surface area contributed by atoms with Crippen molar-refractivity contribution in [2.24, 2.45) is 4.99 Å². The number of ether oxygens (including phenoxy) is 1. The number of aliphatic imine (C=N–C) groups is 1. The maximum absolute atomic E-state index is 5.52. The Balaban J connectivity index is 2.11. The minimum absolute atomic E-state index is 0.831. The van der Waals surface area contributed by atoms with Crippen molar-refractivity contribution >= 4 is 11.3 Å². The molecule has 108 valence electrons. The molecule has 0 fully saturated rings. The van der Waals surface area contributed by atoms with E-state index < -0.39 is 0 Å². The fraction of sp³-hybridized carbons (Fsp3) is 0.235. The van der Waals surface area contributed by atoms with E-state index >= 15 is 0 Å². The molecule has 4 nitrogen and oxygen atoms in total. The predicted molar refractivity (Wildman–Crippen MR) is 86.6 cm³/mol. The van der Waals surface area contributed by atoms with Crippen LogP contribution in [-0.2, 0) is 0 Å². The van der Waals surface area contributed by atoms with Gasteiger partial charge < -0.3 is 14.7 Å². The molecule has 0 saturated carbocycles. The zero-order chi connectivity index (χ0) is 15.0. The Morgan fingerprint density at radius 2 is 2.05 bits per heavy atom. The van der Waals surface area contributed by atoms with Gasteiger partial charge in [-0.2, -0.15) is 0 Å². The van der Waals surface area contributed by atoms with E-state index in [1.54, 1.807) is 7.11 Å². The van der Waals surface area contributed by atoms with Gasteiger partial charge in [-0.3, -0.25) is 4.99 Å². The minimum atomic E-state index is 0.831. The van der Waals surface area contributed by atoms with Crippen LogP contribution in [0.2, 0.25) is 0 Å². The number of H-pyrrole nitrogens is 2. The number of aromatic nitrogens is 2. The molecule has 0 atom stereocenters. The van der Waals surface area contributed by atoms with Gasteiger partial charge in [0.1, 0.15) is 5.75 Å². The summed E-state index contributed by atoms with van der Waals surface area (Å²) in [7, 11) is 1.69. The van der Waals surface area contributed by atoms with E-state index in [1.165, 1.54) is 5.57 Å². The second kappa shape index (κ2) is 5.13. The molecule has 0 amide bonds. The maximum Gasteiger partial charge on any atom is 0.144 e. The smallest absolute Gasteiger partial charge is 0.144 e. The Labute approximate surface area is 124 Å². The molecular weight excluding hydrogens is 262 g/mol. The van der Waals surface area contributed by atoms with Crippen molar-refractivity contribution < 1.29 is 4.74 Å². The fourth-order valence-electron chi connectivity index (χ4n) is 2.69. The summed E-state index contributed by atoms with van der Waals surface area (Å²) in [6.45, 7) is 6.17. The standard InChI is InChI=1S/C17H19N3O/c1-10-8-11(2)19-16(10)12(3)17-15(21-4)9-14(20-17)13-6-5-7-18-13/h5-9,18,20H,1-4H3. The molecule has 0 saturated heterocycles. The Kier molecular flexibility index (Phi) is 3.29. The second-order valence-corrected chi connectivity index (χ2v) is 5.26. The molecule has 3 rings (SSSR count). The van der Waals surface area contributed by atoms with E-state index in [-0.39, 0.29) is 0 Å². The summed E-state index contributed by atoms with van der Waals surface area (Å²) in [4.78, 5) is 11.3. The molecular formula is C17H19N3O. The van der Waals surface area contributed by atoms with Crippen molar-refractivity contribution in [3.63, 3.8) is 0 Å². The van der Waals surface area contributed by atoms with Crippen LogP contribution in [0, 0.1) is 0 Å². The Bertz CT molecular complexity index is 758. The largest absolute Gasteiger partial charge is 0.494 e. The third kappa shape index (κ3) is 2.33. The number of nitrogens with zero attached hydrogens (tertiary/aromatic N) is 1. The van der Waals surface area contributed by atoms with Gasteiger partial charge in [-0.1, -0.05) is 0 Å². The van der Waals surface area contributed by atoms with Crippen molar-refractivity contribution in [1.82, 2.24) is 9.97 Å². The molecule has 4 heteroatoms. The van der Waals surface area contributed by atoms with Crippen LogP contribution in [0.25, 0.3) is 17.0 Å². The lowest BCUT2D eigenvalue weighted by Crippen LogP contribution is -1.91. The topological polar surface area (TPSA) is 53.2 Å². The summed E-state index contributed by atoms with van der Waals surface area (Å²) in [5.41, 5.74) is 7.35. The molecule has 2 N–H and O–H groups in total. The molecule has 0 bridgehead atoms. The zero-order valence-corrected chi connectivity index (χ0v) is 12.7. The van der Waals surface area contributed by atoms with Gasteiger partial charge in [0.15, 0.2) is 0 Å². The summed E-state index contributed by atoms with van der Waals surface area (Å²) < 4.78 is 5.52. The molecule has 1 aliphatic heterocycles. The van der Waals surface area contributed by atoms with E-state index in [0.717, 1.165) is 39.8 Å². The van der Waals surface area contributed by atoms with Crippen LogP contribution in [0.3, 0.4) is 0 Å². The van der Waals surface area contributed by atoms with Crippen LogP contribution >= 0.6 is 0 Å². The Hall–Kier alpha value is -2.49. The first-order valence-corrected chi connectivity index (χ1v) is 6.96. The molecule has 2 aromatic heterocycles. The third-order valence-corrected chi connectivity index (χ3v) is 3.71. The van der Waals surface area contributed by atoms with Crippen molar-refractivity contribution in [2.45, 2.75) is 20.8 Å². The number of hydrogen-bond donors (Lipinski definition) is 2. The summed E-state index contributed by atoms with van der Waals surface area (Å²) in [5, 5.41) is 0. The van der Waals surface area contributed by atoms with Gasteiger partial charge in [0.05, 0.1) is 29.9 Å². The van der Waals surface area contributed by atoms with Gasteiger partial charge in [-0.25, -0.2) is 0 Å². The van der Waals surface area contributed by atoms with Crippen LogP contribution in [0.15, 0.2) is 46.7 Å². The summed E-state index contributed by atoms with van der Waals surface area (Å²) in [6, 6.07) is 6.02.